The fraction of sp³-hybridized carbons (Fsp3) is 0.827. The maximum absolute atomic E-state index is 12.6. The first-order chi connectivity index (χ1) is 39.2. The Morgan fingerprint density at radius 3 is 0.835 bits per heavy atom. The van der Waals surface area contributed by atoms with Gasteiger partial charge in [0.15, 0.2) is 0 Å². The van der Waals surface area contributed by atoms with Crippen LogP contribution in [0.2, 0.25) is 0 Å². The van der Waals surface area contributed by atoms with E-state index in [0.29, 0.717) is 12.8 Å². The van der Waals surface area contributed by atoms with Gasteiger partial charge < -0.3 is 15.5 Å². The monoisotopic (exact) mass is 1100 g/mol. The third kappa shape index (κ3) is 66.5. The highest BCUT2D eigenvalue weighted by Crippen LogP contribution is 2.19. The van der Waals surface area contributed by atoms with Gasteiger partial charge in [-0.05, 0) is 64.2 Å². The SMILES string of the molecule is CC/C=C\C/C=C\C/C=C\C/C=C\C/C=C\C/C=C\CCCCCCCCCCCCCCCCCCCCCCC(=O)NC(CO)C(O)CCCCCCCCCCCCCCCCCCCCCCCCCCCCCC. The average Bonchev–Trinajstić information content (AvgIpc) is 3.45. The average molecular weight is 1100 g/mol. The summed E-state index contributed by atoms with van der Waals surface area (Å²) in [6.45, 7) is 4.28. The molecule has 0 radical (unpaired) electrons. The highest BCUT2D eigenvalue weighted by Gasteiger charge is 2.20. The first-order valence-electron chi connectivity index (χ1n) is 35.6. The van der Waals surface area contributed by atoms with E-state index in [1.807, 2.05) is 0 Å². The molecule has 0 aliphatic carbocycles. The first-order valence-corrected chi connectivity index (χ1v) is 35.6. The Morgan fingerprint density at radius 2 is 0.557 bits per heavy atom. The molecule has 4 heteroatoms. The van der Waals surface area contributed by atoms with Gasteiger partial charge in [0.2, 0.25) is 5.91 Å². The topological polar surface area (TPSA) is 69.6 Å². The number of aliphatic hydroxyl groups is 2. The molecule has 462 valence electrons. The van der Waals surface area contributed by atoms with Gasteiger partial charge in [-0.15, -0.1) is 0 Å². The van der Waals surface area contributed by atoms with Crippen LogP contribution in [0.4, 0.5) is 0 Å². The number of nitrogens with one attached hydrogen (secondary N) is 1. The fourth-order valence-corrected chi connectivity index (χ4v) is 11.1. The molecule has 0 aromatic heterocycles. The summed E-state index contributed by atoms with van der Waals surface area (Å²) >= 11 is 0. The van der Waals surface area contributed by atoms with Gasteiger partial charge in [0.25, 0.3) is 0 Å². The molecule has 2 atom stereocenters. The van der Waals surface area contributed by atoms with Crippen molar-refractivity contribution < 1.29 is 15.0 Å². The summed E-state index contributed by atoms with van der Waals surface area (Å²) in [4.78, 5) is 12.6. The summed E-state index contributed by atoms with van der Waals surface area (Å²) in [5, 5.41) is 23.5. The standard InChI is InChI=1S/C75H139NO3/c1-3-5-7-9-11-13-15-17-19-21-23-25-27-29-31-33-34-35-36-37-38-39-40-41-42-43-45-47-49-51-53-55-57-59-61-63-65-67-69-71-75(79)76-73(72-77)74(78)70-68-66-64-62-60-58-56-54-52-50-48-46-44-32-30-28-26-24-22-20-18-16-14-12-10-8-6-4-2/h5,7,11,13,17,19,23,25,29,31,34-35,73-74,77-78H,3-4,6,8-10,12,14-16,18,20-22,24,26-28,30,32-33,36-72H2,1-2H3,(H,76,79)/b7-5-,13-11-,19-17-,25-23-,31-29-,35-34-. The molecule has 3 N–H and O–H groups in total. The van der Waals surface area contributed by atoms with Crippen LogP contribution in [-0.4, -0.2) is 34.9 Å². The molecule has 1 amide bonds. The van der Waals surface area contributed by atoms with E-state index in [4.69, 9.17) is 0 Å². The quantitative estimate of drug-likeness (QED) is 0.0420. The number of amides is 1. The minimum absolute atomic E-state index is 0.0248. The zero-order chi connectivity index (χ0) is 56.9. The number of carbonyl (C=O) groups is 1. The lowest BCUT2D eigenvalue weighted by Crippen LogP contribution is -2.45. The molecule has 0 heterocycles. The Morgan fingerprint density at radius 1 is 0.316 bits per heavy atom. The van der Waals surface area contributed by atoms with Gasteiger partial charge in [-0.3, -0.25) is 4.79 Å². The van der Waals surface area contributed by atoms with Crippen molar-refractivity contribution in [1.29, 1.82) is 0 Å². The molecule has 0 aromatic carbocycles. The van der Waals surface area contributed by atoms with Gasteiger partial charge in [-0.2, -0.15) is 0 Å². The molecule has 0 saturated heterocycles. The second-order valence-corrected chi connectivity index (χ2v) is 24.3. The van der Waals surface area contributed by atoms with Crippen molar-refractivity contribution in [2.24, 2.45) is 0 Å². The van der Waals surface area contributed by atoms with Gasteiger partial charge >= 0.3 is 0 Å². The van der Waals surface area contributed by atoms with E-state index in [1.54, 1.807) is 0 Å². The van der Waals surface area contributed by atoms with Crippen molar-refractivity contribution in [3.63, 3.8) is 0 Å². The molecule has 0 rings (SSSR count). The normalized spacial score (nSPS) is 13.1. The van der Waals surface area contributed by atoms with Crippen LogP contribution in [0.1, 0.15) is 380 Å². The summed E-state index contributed by atoms with van der Waals surface area (Å²) in [5.41, 5.74) is 0. The van der Waals surface area contributed by atoms with Crippen molar-refractivity contribution in [1.82, 2.24) is 5.32 Å². The molecule has 79 heavy (non-hydrogen) atoms. The van der Waals surface area contributed by atoms with Crippen molar-refractivity contribution in [3.05, 3.63) is 72.9 Å². The van der Waals surface area contributed by atoms with Crippen LogP contribution in [0.15, 0.2) is 72.9 Å². The maximum Gasteiger partial charge on any atom is 0.220 e. The van der Waals surface area contributed by atoms with E-state index >= 15 is 0 Å². The number of unbranched alkanes of at least 4 members (excludes halogenated alkanes) is 47. The molecule has 0 bridgehead atoms. The third-order valence-corrected chi connectivity index (χ3v) is 16.5. The highest BCUT2D eigenvalue weighted by atomic mass is 16.3. The summed E-state index contributed by atoms with van der Waals surface area (Å²) in [6, 6.07) is -0.539. The summed E-state index contributed by atoms with van der Waals surface area (Å²) < 4.78 is 0. The number of hydrogen-bond donors (Lipinski definition) is 3. The van der Waals surface area contributed by atoms with Crippen LogP contribution in [0.5, 0.6) is 0 Å². The Balaban J connectivity index is 3.41. The van der Waals surface area contributed by atoms with E-state index in [2.05, 4.69) is 92.1 Å². The summed E-state index contributed by atoms with van der Waals surface area (Å²) in [7, 11) is 0. The van der Waals surface area contributed by atoms with Gasteiger partial charge in [0.05, 0.1) is 18.8 Å². The number of rotatable bonds is 66. The number of allylic oxidation sites excluding steroid dienone is 12. The molecule has 0 aromatic rings. The Bertz CT molecular complexity index is 1340. The van der Waals surface area contributed by atoms with Gasteiger partial charge in [0.1, 0.15) is 0 Å². The summed E-state index contributed by atoms with van der Waals surface area (Å²) in [5.74, 6) is -0.0248. The Labute approximate surface area is 495 Å². The van der Waals surface area contributed by atoms with Gasteiger partial charge in [-0.1, -0.05) is 382 Å². The van der Waals surface area contributed by atoms with E-state index in [1.165, 1.54) is 289 Å². The third-order valence-electron chi connectivity index (χ3n) is 16.5. The van der Waals surface area contributed by atoms with Crippen molar-refractivity contribution in [3.8, 4) is 0 Å². The molecule has 0 fully saturated rings. The van der Waals surface area contributed by atoms with Gasteiger partial charge in [-0.25, -0.2) is 0 Å². The van der Waals surface area contributed by atoms with Gasteiger partial charge in [0, 0.05) is 6.42 Å². The van der Waals surface area contributed by atoms with E-state index in [-0.39, 0.29) is 12.5 Å². The Kier molecular flexibility index (Phi) is 68.2. The van der Waals surface area contributed by atoms with Crippen LogP contribution in [0, 0.1) is 0 Å². The zero-order valence-electron chi connectivity index (χ0n) is 53.4. The molecular weight excluding hydrogens is 963 g/mol. The lowest BCUT2D eigenvalue weighted by molar-refractivity contribution is -0.123. The largest absolute Gasteiger partial charge is 0.394 e. The highest BCUT2D eigenvalue weighted by molar-refractivity contribution is 5.76. The van der Waals surface area contributed by atoms with Crippen molar-refractivity contribution in [2.45, 2.75) is 392 Å². The van der Waals surface area contributed by atoms with Crippen LogP contribution in [0.3, 0.4) is 0 Å². The minimum Gasteiger partial charge on any atom is -0.394 e. The van der Waals surface area contributed by atoms with Crippen molar-refractivity contribution in [2.75, 3.05) is 6.61 Å². The Hall–Kier alpha value is -2.17. The van der Waals surface area contributed by atoms with E-state index in [9.17, 15) is 15.0 Å². The zero-order valence-corrected chi connectivity index (χ0v) is 53.4. The number of aliphatic hydroxyl groups excluding tert-OH is 2. The maximum atomic E-state index is 12.6. The fourth-order valence-electron chi connectivity index (χ4n) is 11.1. The molecular formula is C75H139NO3. The molecule has 0 aliphatic rings. The van der Waals surface area contributed by atoms with Crippen LogP contribution in [-0.2, 0) is 4.79 Å². The lowest BCUT2D eigenvalue weighted by Gasteiger charge is -2.22. The molecule has 4 nitrogen and oxygen atoms in total. The predicted molar refractivity (Wildman–Crippen MR) is 354 cm³/mol. The van der Waals surface area contributed by atoms with E-state index in [0.717, 1.165) is 64.2 Å². The van der Waals surface area contributed by atoms with Crippen molar-refractivity contribution >= 4 is 5.91 Å². The molecule has 0 saturated carbocycles. The number of carbonyl (C=O) groups excluding carboxylic acids is 1. The lowest BCUT2D eigenvalue weighted by atomic mass is 10.0. The minimum atomic E-state index is -0.662. The number of hydrogen-bond acceptors (Lipinski definition) is 3. The van der Waals surface area contributed by atoms with E-state index < -0.39 is 12.1 Å². The molecule has 2 unspecified atom stereocenters. The van der Waals surface area contributed by atoms with Crippen LogP contribution < -0.4 is 5.32 Å². The van der Waals surface area contributed by atoms with Crippen LogP contribution in [0.25, 0.3) is 0 Å². The molecule has 0 aliphatic heterocycles. The smallest absolute Gasteiger partial charge is 0.220 e. The molecule has 0 spiro atoms. The first kappa shape index (κ1) is 76.8. The predicted octanol–water partition coefficient (Wildman–Crippen LogP) is 24.4. The summed E-state index contributed by atoms with van der Waals surface area (Å²) in [6.07, 6.45) is 101. The van der Waals surface area contributed by atoms with Crippen LogP contribution >= 0.6 is 0 Å². The second kappa shape index (κ2) is 70.1. The second-order valence-electron chi connectivity index (χ2n) is 24.3.